The van der Waals surface area contributed by atoms with Crippen molar-refractivity contribution in [2.75, 3.05) is 0 Å². The third kappa shape index (κ3) is 2.77. The zero-order valence-corrected chi connectivity index (χ0v) is 17.4. The summed E-state index contributed by atoms with van der Waals surface area (Å²) in [6.07, 6.45) is 4.77. The minimum absolute atomic E-state index is 0.542. The van der Waals surface area contributed by atoms with E-state index < -0.39 is 14.5 Å². The highest BCUT2D eigenvalue weighted by atomic mass is 35.6. The standard InChI is InChI=1S/C20H25ClSi2/c1-15-9-6-7-10-16(15)17-11-8-12-19-18(17)13-14-20(19)22(2,3)23(4,5)21/h6-14,20H,1-5H3. The predicted octanol–water partition coefficient (Wildman–Crippen LogP) is 6.54. The predicted molar refractivity (Wildman–Crippen MR) is 109 cm³/mol. The highest BCUT2D eigenvalue weighted by molar-refractivity contribution is 7.58. The lowest BCUT2D eigenvalue weighted by molar-refractivity contribution is 1.18. The second-order valence-electron chi connectivity index (χ2n) is 7.65. The molecule has 0 fully saturated rings. The molecule has 0 nitrogen and oxygen atoms in total. The summed E-state index contributed by atoms with van der Waals surface area (Å²) < 4.78 is 0. The summed E-state index contributed by atoms with van der Waals surface area (Å²) in [6.45, 7) is 10.1. The Morgan fingerprint density at radius 1 is 0.870 bits per heavy atom. The summed E-state index contributed by atoms with van der Waals surface area (Å²) in [5.41, 5.74) is 7.47. The SMILES string of the molecule is Cc1ccccc1-c1cccc2c1C=CC2[Si](C)(C)[Si](C)(C)Cl. The Hall–Kier alpha value is -1.10. The summed E-state index contributed by atoms with van der Waals surface area (Å²) in [6, 6.07) is 15.4. The summed E-state index contributed by atoms with van der Waals surface area (Å²) in [5, 5.41) is 0. The molecule has 0 heterocycles. The van der Waals surface area contributed by atoms with E-state index in [0.717, 1.165) is 0 Å². The van der Waals surface area contributed by atoms with Gasteiger partial charge in [0.15, 0.2) is 0 Å². The number of rotatable bonds is 3. The maximum atomic E-state index is 6.92. The van der Waals surface area contributed by atoms with Crippen LogP contribution in [0.4, 0.5) is 0 Å². The molecular formula is C20H25ClSi2. The third-order valence-electron chi connectivity index (χ3n) is 5.68. The Balaban J connectivity index is 2.13. The number of fused-ring (bicyclic) bond motifs is 1. The molecule has 23 heavy (non-hydrogen) atoms. The molecule has 1 aliphatic carbocycles. The minimum Gasteiger partial charge on any atom is -0.171 e. The van der Waals surface area contributed by atoms with Crippen LogP contribution >= 0.6 is 11.1 Å². The molecule has 2 aromatic rings. The summed E-state index contributed by atoms with van der Waals surface area (Å²) >= 11 is 6.92. The highest BCUT2D eigenvalue weighted by Gasteiger charge is 2.47. The van der Waals surface area contributed by atoms with Gasteiger partial charge in [0.25, 0.3) is 0 Å². The molecule has 3 heteroatoms. The molecule has 1 unspecified atom stereocenters. The lowest BCUT2D eigenvalue weighted by Gasteiger charge is -2.38. The molecule has 0 saturated heterocycles. The number of hydrogen-bond acceptors (Lipinski definition) is 0. The zero-order valence-electron chi connectivity index (χ0n) is 14.7. The van der Waals surface area contributed by atoms with Crippen LogP contribution in [0, 0.1) is 6.92 Å². The molecule has 0 aromatic heterocycles. The number of halogens is 1. The first kappa shape index (κ1) is 16.8. The maximum absolute atomic E-state index is 6.92. The van der Waals surface area contributed by atoms with Crippen LogP contribution in [0.5, 0.6) is 0 Å². The van der Waals surface area contributed by atoms with Crippen LogP contribution in [-0.2, 0) is 0 Å². The molecule has 0 amide bonds. The van der Waals surface area contributed by atoms with Gasteiger partial charge in [-0.1, -0.05) is 80.8 Å². The van der Waals surface area contributed by atoms with Crippen molar-refractivity contribution in [2.45, 2.75) is 38.7 Å². The number of aryl methyl sites for hydroxylation is 1. The van der Waals surface area contributed by atoms with E-state index in [2.05, 4.69) is 87.7 Å². The van der Waals surface area contributed by atoms with Gasteiger partial charge >= 0.3 is 0 Å². The molecule has 1 atom stereocenters. The first-order chi connectivity index (χ1) is 10.7. The van der Waals surface area contributed by atoms with E-state index in [4.69, 9.17) is 11.1 Å². The van der Waals surface area contributed by atoms with Gasteiger partial charge in [0, 0.05) is 0 Å². The molecule has 3 rings (SSSR count). The number of benzene rings is 2. The van der Waals surface area contributed by atoms with Gasteiger partial charge in [0.2, 0.25) is 0 Å². The maximum Gasteiger partial charge on any atom is 0.141 e. The van der Waals surface area contributed by atoms with E-state index in [-0.39, 0.29) is 0 Å². The van der Waals surface area contributed by atoms with Gasteiger partial charge in [-0.2, -0.15) is 11.1 Å². The van der Waals surface area contributed by atoms with Gasteiger partial charge < -0.3 is 0 Å². The number of allylic oxidation sites excluding steroid dienone is 1. The van der Waals surface area contributed by atoms with Crippen LogP contribution in [0.3, 0.4) is 0 Å². The smallest absolute Gasteiger partial charge is 0.141 e. The van der Waals surface area contributed by atoms with Crippen molar-refractivity contribution in [2.24, 2.45) is 0 Å². The van der Waals surface area contributed by atoms with Crippen molar-refractivity contribution >= 4 is 31.6 Å². The van der Waals surface area contributed by atoms with Crippen LogP contribution < -0.4 is 0 Å². The quantitative estimate of drug-likeness (QED) is 0.432. The molecule has 0 bridgehead atoms. The first-order valence-corrected chi connectivity index (χ1v) is 16.4. The van der Waals surface area contributed by atoms with E-state index in [1.54, 1.807) is 0 Å². The van der Waals surface area contributed by atoms with Crippen LogP contribution in [0.1, 0.15) is 22.2 Å². The minimum atomic E-state index is -1.67. The van der Waals surface area contributed by atoms with Crippen molar-refractivity contribution in [1.82, 2.24) is 0 Å². The van der Waals surface area contributed by atoms with Gasteiger partial charge in [-0.05, 0) is 40.3 Å². The van der Waals surface area contributed by atoms with E-state index in [1.807, 2.05) is 0 Å². The molecule has 0 saturated carbocycles. The lowest BCUT2D eigenvalue weighted by atomic mass is 9.94. The fourth-order valence-electron chi connectivity index (χ4n) is 3.45. The fourth-order valence-corrected chi connectivity index (χ4v) is 9.82. The molecule has 120 valence electrons. The van der Waals surface area contributed by atoms with Crippen LogP contribution in [0.25, 0.3) is 17.2 Å². The van der Waals surface area contributed by atoms with Gasteiger partial charge in [0.05, 0.1) is 7.59 Å². The average Bonchev–Trinajstić information content (AvgIpc) is 2.91. The third-order valence-corrected chi connectivity index (χ3v) is 25.3. The molecule has 0 radical (unpaired) electrons. The zero-order chi connectivity index (χ0) is 16.8. The average molecular weight is 357 g/mol. The molecular weight excluding hydrogens is 332 g/mol. The molecule has 0 aliphatic heterocycles. The van der Waals surface area contributed by atoms with Crippen LogP contribution in [-0.4, -0.2) is 14.5 Å². The van der Waals surface area contributed by atoms with Gasteiger partial charge in [-0.15, -0.1) is 0 Å². The Morgan fingerprint density at radius 2 is 1.52 bits per heavy atom. The Kier molecular flexibility index (Phi) is 4.20. The second-order valence-corrected chi connectivity index (χ2v) is 26.1. The Labute approximate surface area is 146 Å². The van der Waals surface area contributed by atoms with Gasteiger partial charge in [-0.25, -0.2) is 0 Å². The molecule has 0 N–H and O–H groups in total. The van der Waals surface area contributed by atoms with E-state index in [1.165, 1.54) is 27.8 Å². The van der Waals surface area contributed by atoms with Crippen molar-refractivity contribution < 1.29 is 0 Å². The normalized spacial score (nSPS) is 17.4. The first-order valence-electron chi connectivity index (χ1n) is 8.29. The largest absolute Gasteiger partial charge is 0.171 e. The Bertz CT molecular complexity index is 769. The molecule has 0 spiro atoms. The highest BCUT2D eigenvalue weighted by Crippen LogP contribution is 2.45. The topological polar surface area (TPSA) is 0 Å². The summed E-state index contributed by atoms with van der Waals surface area (Å²) in [7, 11) is -1.54. The van der Waals surface area contributed by atoms with E-state index >= 15 is 0 Å². The lowest BCUT2D eigenvalue weighted by Crippen LogP contribution is -2.54. The van der Waals surface area contributed by atoms with Crippen LogP contribution in [0.2, 0.25) is 26.2 Å². The van der Waals surface area contributed by atoms with E-state index in [9.17, 15) is 0 Å². The monoisotopic (exact) mass is 356 g/mol. The summed E-state index contributed by atoms with van der Waals surface area (Å²) in [5.74, 6) is 0. The van der Waals surface area contributed by atoms with Crippen molar-refractivity contribution in [1.29, 1.82) is 0 Å². The van der Waals surface area contributed by atoms with E-state index in [0.29, 0.717) is 5.54 Å². The second kappa shape index (κ2) is 5.76. The van der Waals surface area contributed by atoms with Crippen molar-refractivity contribution in [3.05, 3.63) is 65.2 Å². The fraction of sp³-hybridized carbons (Fsp3) is 0.300. The van der Waals surface area contributed by atoms with Crippen molar-refractivity contribution in [3.63, 3.8) is 0 Å². The van der Waals surface area contributed by atoms with Gasteiger partial charge in [-0.3, -0.25) is 0 Å². The molecule has 2 aromatic carbocycles. The van der Waals surface area contributed by atoms with Gasteiger partial charge in [0.1, 0.15) is 6.90 Å². The Morgan fingerprint density at radius 3 is 2.17 bits per heavy atom. The number of hydrogen-bond donors (Lipinski definition) is 0. The summed E-state index contributed by atoms with van der Waals surface area (Å²) in [4.78, 5) is 0. The van der Waals surface area contributed by atoms with Crippen LogP contribution in [0.15, 0.2) is 48.5 Å². The van der Waals surface area contributed by atoms with Crippen molar-refractivity contribution in [3.8, 4) is 11.1 Å². The molecule has 1 aliphatic rings.